The van der Waals surface area contributed by atoms with E-state index in [9.17, 15) is 5.11 Å². The van der Waals surface area contributed by atoms with Gasteiger partial charge in [-0.05, 0) is 18.6 Å². The molecule has 28 heavy (non-hydrogen) atoms. The summed E-state index contributed by atoms with van der Waals surface area (Å²) in [7, 11) is 1.63. The Kier molecular flexibility index (Phi) is 7.19. The number of aliphatic hydroxyl groups excluding tert-OH is 1. The van der Waals surface area contributed by atoms with Crippen LogP contribution in [0, 0.1) is 6.57 Å². The van der Waals surface area contributed by atoms with Crippen LogP contribution in [-0.4, -0.2) is 74.8 Å². The normalized spacial score (nSPS) is 14.1. The van der Waals surface area contributed by atoms with Crippen LogP contribution in [0.25, 0.3) is 16.3 Å². The molecule has 2 aromatic heterocycles. The molecule has 0 unspecified atom stereocenters. The molecule has 3 rings (SSSR count). The predicted molar refractivity (Wildman–Crippen MR) is 105 cm³/mol. The number of rotatable bonds is 9. The van der Waals surface area contributed by atoms with Crippen molar-refractivity contribution in [2.24, 2.45) is 0 Å². The first-order chi connectivity index (χ1) is 13.8. The van der Waals surface area contributed by atoms with Crippen molar-refractivity contribution in [3.8, 4) is 11.5 Å². The number of hydrogen-bond donors (Lipinski definition) is 1. The van der Waals surface area contributed by atoms with E-state index in [0.29, 0.717) is 75.5 Å². The van der Waals surface area contributed by atoms with Crippen molar-refractivity contribution in [3.63, 3.8) is 0 Å². The maximum atomic E-state index is 9.25. The van der Waals surface area contributed by atoms with E-state index in [0.717, 1.165) is 0 Å². The van der Waals surface area contributed by atoms with Crippen molar-refractivity contribution in [2.75, 3.05) is 69.5 Å². The summed E-state index contributed by atoms with van der Waals surface area (Å²) in [5.41, 5.74) is 0.598. The number of morpholine rings is 1. The maximum Gasteiger partial charge on any atom is 0.314 e. The molecular formula is C19H25N5O4. The average molecular weight is 387 g/mol. The van der Waals surface area contributed by atoms with Crippen molar-refractivity contribution in [1.82, 2.24) is 9.97 Å². The number of aromatic nitrogens is 2. The van der Waals surface area contributed by atoms with E-state index in [4.69, 9.17) is 25.4 Å². The van der Waals surface area contributed by atoms with Crippen molar-refractivity contribution in [2.45, 2.75) is 6.42 Å². The summed E-state index contributed by atoms with van der Waals surface area (Å²) >= 11 is 0. The number of nitrogens with zero attached hydrogens (tertiary/aromatic N) is 5. The quantitative estimate of drug-likeness (QED) is 0.654. The Morgan fingerprint density at radius 2 is 2.14 bits per heavy atom. The van der Waals surface area contributed by atoms with Gasteiger partial charge in [0.05, 0.1) is 26.1 Å². The monoisotopic (exact) mass is 387 g/mol. The van der Waals surface area contributed by atoms with Crippen LogP contribution in [0.2, 0.25) is 0 Å². The molecule has 9 nitrogen and oxygen atoms in total. The number of furan rings is 1. The molecule has 0 spiro atoms. The summed E-state index contributed by atoms with van der Waals surface area (Å²) in [5, 5.41) is 9.25. The van der Waals surface area contributed by atoms with Crippen molar-refractivity contribution in [1.29, 1.82) is 0 Å². The van der Waals surface area contributed by atoms with Gasteiger partial charge in [-0.25, -0.2) is 4.98 Å². The number of ether oxygens (including phenoxy) is 2. The van der Waals surface area contributed by atoms with Crippen LogP contribution in [-0.2, 0) is 9.47 Å². The van der Waals surface area contributed by atoms with Gasteiger partial charge in [0.2, 0.25) is 0 Å². The third-order valence-electron chi connectivity index (χ3n) is 4.46. The third-order valence-corrected chi connectivity index (χ3v) is 4.46. The molecule has 150 valence electrons. The summed E-state index contributed by atoms with van der Waals surface area (Å²) in [6.07, 6.45) is 2.15. The Bertz CT molecular complexity index is 776. The number of methoxy groups -OCH3 is 1. The van der Waals surface area contributed by atoms with Crippen LogP contribution in [0.5, 0.6) is 0 Å². The number of anilines is 2. The molecule has 0 aliphatic carbocycles. The van der Waals surface area contributed by atoms with Gasteiger partial charge in [-0.3, -0.25) is 0 Å². The fourth-order valence-corrected chi connectivity index (χ4v) is 3.06. The lowest BCUT2D eigenvalue weighted by Crippen LogP contribution is -2.37. The first-order valence-electron chi connectivity index (χ1n) is 9.29. The van der Waals surface area contributed by atoms with Gasteiger partial charge in [0.25, 0.3) is 5.82 Å². The zero-order valence-electron chi connectivity index (χ0n) is 16.0. The van der Waals surface area contributed by atoms with Gasteiger partial charge in [-0.1, -0.05) is 11.6 Å². The highest BCUT2D eigenvalue weighted by Crippen LogP contribution is 2.35. The molecule has 0 saturated carbocycles. The minimum absolute atomic E-state index is 0.0567. The van der Waals surface area contributed by atoms with Gasteiger partial charge in [0.1, 0.15) is 0 Å². The van der Waals surface area contributed by atoms with E-state index in [1.165, 1.54) is 0 Å². The topological polar surface area (TPSA) is 88.5 Å². The standard InChI is InChI=1S/C19H25N5O4/c1-20-17-19(23(6-4-10-25)7-12-26-2)21-16(15-5-3-11-28-15)18(22-17)24-8-13-27-14-9-24/h3,5,11,25H,4,6-10,12-14H2,2H3. The van der Waals surface area contributed by atoms with Crippen LogP contribution in [0.3, 0.4) is 0 Å². The van der Waals surface area contributed by atoms with Crippen LogP contribution >= 0.6 is 0 Å². The predicted octanol–water partition coefficient (Wildman–Crippen LogP) is 1.96. The Balaban J connectivity index is 2.06. The van der Waals surface area contributed by atoms with Gasteiger partial charge in [0, 0.05) is 39.9 Å². The Morgan fingerprint density at radius 3 is 2.79 bits per heavy atom. The first kappa shape index (κ1) is 20.1. The summed E-state index contributed by atoms with van der Waals surface area (Å²) in [6.45, 7) is 11.8. The SMILES string of the molecule is [C-]#[N+]c1nc(N2CCOCC2)c(-c2ccco2)nc1N(CCCO)CCOC. The highest BCUT2D eigenvalue weighted by atomic mass is 16.5. The fraction of sp³-hybridized carbons (Fsp3) is 0.526. The van der Waals surface area contributed by atoms with E-state index >= 15 is 0 Å². The Hall–Kier alpha value is -2.67. The molecular weight excluding hydrogens is 362 g/mol. The molecule has 0 amide bonds. The second kappa shape index (κ2) is 10.0. The summed E-state index contributed by atoms with van der Waals surface area (Å²) in [6, 6.07) is 3.64. The zero-order valence-corrected chi connectivity index (χ0v) is 16.0. The second-order valence-electron chi connectivity index (χ2n) is 6.29. The molecule has 3 heterocycles. The highest BCUT2D eigenvalue weighted by molar-refractivity contribution is 5.76. The molecule has 0 bridgehead atoms. The molecule has 1 aliphatic heterocycles. The first-order valence-corrected chi connectivity index (χ1v) is 9.29. The van der Waals surface area contributed by atoms with E-state index in [-0.39, 0.29) is 12.4 Å². The molecule has 2 aromatic rings. The number of aliphatic hydroxyl groups is 1. The fourth-order valence-electron chi connectivity index (χ4n) is 3.06. The summed E-state index contributed by atoms with van der Waals surface area (Å²) < 4.78 is 16.2. The number of hydrogen-bond acceptors (Lipinski definition) is 8. The summed E-state index contributed by atoms with van der Waals surface area (Å²) in [4.78, 5) is 17.1. The van der Waals surface area contributed by atoms with Crippen LogP contribution in [0.1, 0.15) is 6.42 Å². The third kappa shape index (κ3) is 4.59. The van der Waals surface area contributed by atoms with Crippen molar-refractivity contribution >= 4 is 17.5 Å². The van der Waals surface area contributed by atoms with E-state index < -0.39 is 0 Å². The smallest absolute Gasteiger partial charge is 0.314 e. The van der Waals surface area contributed by atoms with Crippen LogP contribution in [0.15, 0.2) is 22.8 Å². The lowest BCUT2D eigenvalue weighted by molar-refractivity contribution is 0.122. The van der Waals surface area contributed by atoms with Gasteiger partial charge >= 0.3 is 5.82 Å². The molecule has 0 radical (unpaired) electrons. The molecule has 1 aliphatic rings. The van der Waals surface area contributed by atoms with Crippen LogP contribution < -0.4 is 9.80 Å². The van der Waals surface area contributed by atoms with Crippen molar-refractivity contribution < 1.29 is 19.0 Å². The summed E-state index contributed by atoms with van der Waals surface area (Å²) in [5.74, 6) is 1.93. The molecule has 9 heteroatoms. The van der Waals surface area contributed by atoms with E-state index in [1.807, 2.05) is 11.0 Å². The average Bonchev–Trinajstić information content (AvgIpc) is 3.28. The van der Waals surface area contributed by atoms with Gasteiger partial charge in [0.15, 0.2) is 17.3 Å². The zero-order chi connectivity index (χ0) is 19.8. The van der Waals surface area contributed by atoms with Crippen molar-refractivity contribution in [3.05, 3.63) is 29.8 Å². The molecule has 1 N–H and O–H groups in total. The van der Waals surface area contributed by atoms with E-state index in [1.54, 1.807) is 19.4 Å². The molecule has 1 saturated heterocycles. The van der Waals surface area contributed by atoms with Gasteiger partial charge < -0.3 is 33.6 Å². The Labute approximate surface area is 164 Å². The van der Waals surface area contributed by atoms with E-state index in [2.05, 4.69) is 14.7 Å². The minimum atomic E-state index is 0.0567. The second-order valence-corrected chi connectivity index (χ2v) is 6.29. The minimum Gasteiger partial charge on any atom is -0.462 e. The van der Waals surface area contributed by atoms with Gasteiger partial charge in [-0.2, -0.15) is 0 Å². The van der Waals surface area contributed by atoms with Gasteiger partial charge in [-0.15, -0.1) is 0 Å². The maximum absolute atomic E-state index is 9.25. The molecule has 1 fully saturated rings. The lowest BCUT2D eigenvalue weighted by atomic mass is 10.2. The highest BCUT2D eigenvalue weighted by Gasteiger charge is 2.27. The largest absolute Gasteiger partial charge is 0.462 e. The lowest BCUT2D eigenvalue weighted by Gasteiger charge is -2.29. The Morgan fingerprint density at radius 1 is 1.32 bits per heavy atom. The molecule has 0 aromatic carbocycles. The van der Waals surface area contributed by atoms with Crippen LogP contribution in [0.4, 0.5) is 17.5 Å². The molecule has 0 atom stereocenters.